The number of aliphatic hydroxyl groups excluding tert-OH is 1. The van der Waals surface area contributed by atoms with Crippen LogP contribution in [-0.2, 0) is 4.74 Å². The summed E-state index contributed by atoms with van der Waals surface area (Å²) in [5, 5.41) is 13.4. The fourth-order valence-electron chi connectivity index (χ4n) is 3.60. The number of nitrogens with one attached hydrogen (secondary N) is 1. The highest BCUT2D eigenvalue weighted by molar-refractivity contribution is 6.30. The van der Waals surface area contributed by atoms with E-state index in [0.717, 1.165) is 5.56 Å². The fourth-order valence-corrected chi connectivity index (χ4v) is 3.79. The van der Waals surface area contributed by atoms with Gasteiger partial charge in [-0.15, -0.1) is 0 Å². The predicted octanol–water partition coefficient (Wildman–Crippen LogP) is 3.08. The number of rotatable bonds is 6. The van der Waals surface area contributed by atoms with E-state index in [4.69, 9.17) is 16.3 Å². The van der Waals surface area contributed by atoms with Crippen molar-refractivity contribution in [2.24, 2.45) is 0 Å². The maximum Gasteiger partial charge on any atom is 0.251 e. The van der Waals surface area contributed by atoms with Gasteiger partial charge in [-0.3, -0.25) is 4.79 Å². The molecular weight excluding hydrogens is 423 g/mol. The maximum atomic E-state index is 14.0. The number of ether oxygens (including phenoxy) is 1. The normalized spacial score (nSPS) is 19.7. The smallest absolute Gasteiger partial charge is 0.251 e. The van der Waals surface area contributed by atoms with Gasteiger partial charge in [-0.25, -0.2) is 14.4 Å². The number of aliphatic hydroxyl groups is 1. The van der Waals surface area contributed by atoms with Crippen LogP contribution in [0.5, 0.6) is 0 Å². The van der Waals surface area contributed by atoms with Crippen molar-refractivity contribution in [3.05, 3.63) is 75.8 Å². The summed E-state index contributed by atoms with van der Waals surface area (Å²) in [4.78, 5) is 21.4. The summed E-state index contributed by atoms with van der Waals surface area (Å²) < 4.78 is 20.6. The Morgan fingerprint density at radius 2 is 2.19 bits per heavy atom. The number of hydrogen-bond acceptors (Lipinski definition) is 6. The molecule has 1 aromatic carbocycles. The van der Waals surface area contributed by atoms with E-state index in [1.807, 2.05) is 6.07 Å². The number of anilines is 1. The summed E-state index contributed by atoms with van der Waals surface area (Å²) in [6.07, 6.45) is 2.57. The number of benzene rings is 1. The maximum absolute atomic E-state index is 14.0. The molecule has 31 heavy (non-hydrogen) atoms. The van der Waals surface area contributed by atoms with Crippen molar-refractivity contribution >= 4 is 17.5 Å². The van der Waals surface area contributed by atoms with Crippen LogP contribution in [0.15, 0.2) is 59.7 Å². The Morgan fingerprint density at radius 3 is 2.94 bits per heavy atom. The molecule has 0 amide bonds. The van der Waals surface area contributed by atoms with E-state index in [0.29, 0.717) is 35.3 Å². The Kier molecular flexibility index (Phi) is 6.60. The van der Waals surface area contributed by atoms with Gasteiger partial charge >= 0.3 is 0 Å². The zero-order chi connectivity index (χ0) is 21.8. The van der Waals surface area contributed by atoms with E-state index in [-0.39, 0.29) is 18.8 Å². The monoisotopic (exact) mass is 444 g/mol. The van der Waals surface area contributed by atoms with Gasteiger partial charge in [0.25, 0.3) is 5.56 Å². The highest BCUT2D eigenvalue weighted by atomic mass is 35.5. The quantitative estimate of drug-likeness (QED) is 0.607. The molecule has 4 rings (SSSR count). The molecule has 2 aromatic heterocycles. The minimum atomic E-state index is -1.13. The standard InChI is InChI=1S/C22H22ClFN4O3/c23-16-3-1-2-15(10-16)20(12-29)28-8-5-14(11-21(28)30)18-4-7-25-22(26-18)27-19-6-9-31-13-17(19)24/h1-5,7-8,10-11,17,19-20,29H,6,9,12-13H2,(H,25,26,27)/t17-,19-,20-/m1/s1. The number of hydrogen-bond donors (Lipinski definition) is 2. The molecule has 0 aliphatic carbocycles. The van der Waals surface area contributed by atoms with E-state index >= 15 is 0 Å². The summed E-state index contributed by atoms with van der Waals surface area (Å²) in [7, 11) is 0. The first kappa shape index (κ1) is 21.4. The van der Waals surface area contributed by atoms with Crippen molar-refractivity contribution in [2.75, 3.05) is 25.1 Å². The van der Waals surface area contributed by atoms with E-state index in [9.17, 15) is 14.3 Å². The third kappa shape index (κ3) is 4.92. The Morgan fingerprint density at radius 1 is 1.32 bits per heavy atom. The summed E-state index contributed by atoms with van der Waals surface area (Å²) in [5.74, 6) is 0.295. The third-order valence-corrected chi connectivity index (χ3v) is 5.48. The molecular formula is C22H22ClFN4O3. The summed E-state index contributed by atoms with van der Waals surface area (Å²) >= 11 is 6.05. The summed E-state index contributed by atoms with van der Waals surface area (Å²) in [5.41, 5.74) is 1.57. The van der Waals surface area contributed by atoms with Crippen molar-refractivity contribution in [2.45, 2.75) is 24.7 Å². The molecule has 0 spiro atoms. The molecule has 1 aliphatic rings. The number of pyridine rings is 1. The van der Waals surface area contributed by atoms with Crippen LogP contribution < -0.4 is 10.9 Å². The van der Waals surface area contributed by atoms with Gasteiger partial charge in [-0.2, -0.15) is 0 Å². The average molecular weight is 445 g/mol. The van der Waals surface area contributed by atoms with Gasteiger partial charge in [0, 0.05) is 35.7 Å². The Balaban J connectivity index is 1.58. The molecule has 9 heteroatoms. The second-order valence-corrected chi connectivity index (χ2v) is 7.75. The lowest BCUT2D eigenvalue weighted by molar-refractivity contribution is 0.0284. The number of alkyl halides is 1. The SMILES string of the molecule is O=c1cc(-c2ccnc(N[C@@H]3CCOC[C@H]3F)n2)ccn1[C@H](CO)c1cccc(Cl)c1. The van der Waals surface area contributed by atoms with Crippen LogP contribution in [0.25, 0.3) is 11.3 Å². The van der Waals surface area contributed by atoms with E-state index < -0.39 is 18.3 Å². The predicted molar refractivity (Wildman–Crippen MR) is 116 cm³/mol. The van der Waals surface area contributed by atoms with Crippen LogP contribution >= 0.6 is 11.6 Å². The molecule has 3 aromatic rings. The van der Waals surface area contributed by atoms with Gasteiger partial charge in [0.2, 0.25) is 5.95 Å². The zero-order valence-electron chi connectivity index (χ0n) is 16.6. The van der Waals surface area contributed by atoms with Gasteiger partial charge in [-0.1, -0.05) is 23.7 Å². The Hall–Kier alpha value is -2.81. The van der Waals surface area contributed by atoms with Gasteiger partial charge in [0.1, 0.15) is 6.17 Å². The lowest BCUT2D eigenvalue weighted by Gasteiger charge is -2.26. The van der Waals surface area contributed by atoms with Gasteiger partial charge in [0.15, 0.2) is 0 Å². The molecule has 3 heterocycles. The highest BCUT2D eigenvalue weighted by Gasteiger charge is 2.26. The Labute approximate surface area is 183 Å². The first-order chi connectivity index (χ1) is 15.0. The molecule has 7 nitrogen and oxygen atoms in total. The van der Waals surface area contributed by atoms with Gasteiger partial charge < -0.3 is 19.7 Å². The topological polar surface area (TPSA) is 89.3 Å². The van der Waals surface area contributed by atoms with Crippen LogP contribution in [0.3, 0.4) is 0 Å². The second-order valence-electron chi connectivity index (χ2n) is 7.31. The molecule has 3 atom stereocenters. The zero-order valence-corrected chi connectivity index (χ0v) is 17.4. The molecule has 0 unspecified atom stereocenters. The van der Waals surface area contributed by atoms with Crippen LogP contribution in [0.4, 0.5) is 10.3 Å². The minimum absolute atomic E-state index is 0.0498. The molecule has 0 bridgehead atoms. The number of aromatic nitrogens is 3. The minimum Gasteiger partial charge on any atom is -0.394 e. The lowest BCUT2D eigenvalue weighted by atomic mass is 10.1. The molecule has 0 saturated carbocycles. The molecule has 1 aliphatic heterocycles. The van der Waals surface area contributed by atoms with Gasteiger partial charge in [-0.05, 0) is 36.2 Å². The lowest BCUT2D eigenvalue weighted by Crippen LogP contribution is -2.39. The summed E-state index contributed by atoms with van der Waals surface area (Å²) in [6.45, 7) is 0.277. The van der Waals surface area contributed by atoms with E-state index in [1.54, 1.807) is 42.7 Å². The van der Waals surface area contributed by atoms with Crippen molar-refractivity contribution in [3.8, 4) is 11.3 Å². The molecule has 1 fully saturated rings. The number of halogens is 2. The third-order valence-electron chi connectivity index (χ3n) is 5.24. The number of nitrogens with zero attached hydrogens (tertiary/aromatic N) is 3. The first-order valence-electron chi connectivity index (χ1n) is 9.95. The average Bonchev–Trinajstić information content (AvgIpc) is 2.77. The van der Waals surface area contributed by atoms with Crippen LogP contribution in [0.2, 0.25) is 5.02 Å². The largest absolute Gasteiger partial charge is 0.394 e. The van der Waals surface area contributed by atoms with Gasteiger partial charge in [0.05, 0.1) is 31.0 Å². The van der Waals surface area contributed by atoms with E-state index in [1.165, 1.54) is 10.6 Å². The van der Waals surface area contributed by atoms with Crippen molar-refractivity contribution in [1.82, 2.24) is 14.5 Å². The molecule has 1 saturated heterocycles. The van der Waals surface area contributed by atoms with Crippen molar-refractivity contribution < 1.29 is 14.2 Å². The molecule has 162 valence electrons. The highest BCUT2D eigenvalue weighted by Crippen LogP contribution is 2.22. The van der Waals surface area contributed by atoms with Crippen LogP contribution in [0.1, 0.15) is 18.0 Å². The molecule has 2 N–H and O–H groups in total. The van der Waals surface area contributed by atoms with E-state index in [2.05, 4.69) is 15.3 Å². The van der Waals surface area contributed by atoms with Crippen LogP contribution in [-0.4, -0.2) is 51.7 Å². The Bertz CT molecular complexity index is 1110. The summed E-state index contributed by atoms with van der Waals surface area (Å²) in [6, 6.07) is 10.9. The molecule has 0 radical (unpaired) electrons. The second kappa shape index (κ2) is 9.55. The first-order valence-corrected chi connectivity index (χ1v) is 10.3. The fraction of sp³-hybridized carbons (Fsp3) is 0.318. The van der Waals surface area contributed by atoms with Crippen molar-refractivity contribution in [3.63, 3.8) is 0 Å². The van der Waals surface area contributed by atoms with Crippen LogP contribution in [0, 0.1) is 0 Å². The van der Waals surface area contributed by atoms with Crippen molar-refractivity contribution in [1.29, 1.82) is 0 Å².